The third kappa shape index (κ3) is 3.04. The molecule has 4 rings (SSSR count). The van der Waals surface area contributed by atoms with Gasteiger partial charge in [-0.15, -0.1) is 0 Å². The zero-order valence-corrected chi connectivity index (χ0v) is 14.3. The maximum Gasteiger partial charge on any atom is 0.137 e. The summed E-state index contributed by atoms with van der Waals surface area (Å²) >= 11 is 0. The van der Waals surface area contributed by atoms with Crippen LogP contribution in [0, 0.1) is 17.8 Å². The van der Waals surface area contributed by atoms with Crippen molar-refractivity contribution < 1.29 is 0 Å². The summed E-state index contributed by atoms with van der Waals surface area (Å²) in [6.07, 6.45) is 8.95. The predicted molar refractivity (Wildman–Crippen MR) is 89.9 cm³/mol. The van der Waals surface area contributed by atoms with Gasteiger partial charge in [-0.1, -0.05) is 0 Å². The minimum absolute atomic E-state index is 0.458. The molecule has 4 atom stereocenters. The van der Waals surface area contributed by atoms with E-state index in [0.717, 1.165) is 30.2 Å². The first-order valence-corrected chi connectivity index (χ1v) is 9.21. The lowest BCUT2D eigenvalue weighted by molar-refractivity contribution is 0.112. The van der Waals surface area contributed by atoms with E-state index in [9.17, 15) is 0 Å². The molecular weight excluding hydrogens is 288 g/mol. The van der Waals surface area contributed by atoms with Gasteiger partial charge in [-0.3, -0.25) is 5.10 Å². The van der Waals surface area contributed by atoms with Crippen molar-refractivity contribution in [3.05, 3.63) is 12.2 Å². The van der Waals surface area contributed by atoms with Gasteiger partial charge < -0.3 is 15.5 Å². The Kier molecular flexibility index (Phi) is 4.39. The van der Waals surface area contributed by atoms with Crippen molar-refractivity contribution in [2.75, 3.05) is 27.2 Å². The molecule has 2 aliphatic heterocycles. The van der Waals surface area contributed by atoms with Crippen molar-refractivity contribution in [3.8, 4) is 0 Å². The Morgan fingerprint density at radius 3 is 2.52 bits per heavy atom. The summed E-state index contributed by atoms with van der Waals surface area (Å²) in [5, 5.41) is 14.5. The molecule has 3 N–H and O–H groups in total. The second kappa shape index (κ2) is 6.49. The minimum atomic E-state index is 0.458. The van der Waals surface area contributed by atoms with Crippen LogP contribution in [-0.2, 0) is 0 Å². The number of hydrogen-bond donors (Lipinski definition) is 3. The molecule has 0 amide bonds. The van der Waals surface area contributed by atoms with Crippen molar-refractivity contribution in [1.82, 2.24) is 30.7 Å². The van der Waals surface area contributed by atoms with Crippen molar-refractivity contribution in [2.45, 2.75) is 50.2 Å². The summed E-state index contributed by atoms with van der Waals surface area (Å²) in [7, 11) is 4.45. The van der Waals surface area contributed by atoms with E-state index in [0.29, 0.717) is 18.0 Å². The van der Waals surface area contributed by atoms with Gasteiger partial charge in [-0.05, 0) is 70.5 Å². The molecule has 1 aromatic rings. The molecular formula is C17H30N6. The second-order valence-corrected chi connectivity index (χ2v) is 7.96. The average molecular weight is 318 g/mol. The Bertz CT molecular complexity index is 493. The molecule has 3 heterocycles. The van der Waals surface area contributed by atoms with Gasteiger partial charge >= 0.3 is 0 Å². The number of rotatable bonds is 3. The lowest BCUT2D eigenvalue weighted by atomic mass is 9.71. The molecule has 3 fully saturated rings. The van der Waals surface area contributed by atoms with Crippen LogP contribution in [0.3, 0.4) is 0 Å². The number of nitrogens with one attached hydrogen (secondary N) is 3. The standard InChI is InChI=1S/C17H30N6/c1-23(2)13-5-3-11(4-6-13)12-7-14-15(17-20-10-21-22-17)9-19-16(14)18-8-12/h10-16,18-19H,3-9H2,1-2H3,(H,20,21,22). The van der Waals surface area contributed by atoms with Crippen LogP contribution in [-0.4, -0.2) is 59.5 Å². The number of hydrogen-bond acceptors (Lipinski definition) is 5. The van der Waals surface area contributed by atoms with Gasteiger partial charge in [0.1, 0.15) is 12.2 Å². The van der Waals surface area contributed by atoms with Crippen molar-refractivity contribution >= 4 is 0 Å². The fraction of sp³-hybridized carbons (Fsp3) is 0.882. The topological polar surface area (TPSA) is 68.9 Å². The Balaban J connectivity index is 1.39. The van der Waals surface area contributed by atoms with Gasteiger partial charge in [0.25, 0.3) is 0 Å². The maximum atomic E-state index is 4.42. The fourth-order valence-corrected chi connectivity index (χ4v) is 5.17. The predicted octanol–water partition coefficient (Wildman–Crippen LogP) is 1.16. The van der Waals surface area contributed by atoms with E-state index in [1.165, 1.54) is 38.6 Å². The number of piperidine rings is 1. The Morgan fingerprint density at radius 1 is 1.04 bits per heavy atom. The summed E-state index contributed by atoms with van der Waals surface area (Å²) in [5.74, 6) is 3.91. The Labute approximate surface area is 138 Å². The molecule has 4 unspecified atom stereocenters. The molecule has 1 aliphatic carbocycles. The summed E-state index contributed by atoms with van der Waals surface area (Å²) in [4.78, 5) is 6.83. The van der Waals surface area contributed by atoms with Crippen LogP contribution >= 0.6 is 0 Å². The van der Waals surface area contributed by atoms with Gasteiger partial charge in [-0.25, -0.2) is 4.98 Å². The molecule has 3 aliphatic rings. The Hall–Kier alpha value is -0.980. The van der Waals surface area contributed by atoms with Crippen molar-refractivity contribution in [1.29, 1.82) is 0 Å². The smallest absolute Gasteiger partial charge is 0.137 e. The van der Waals surface area contributed by atoms with E-state index in [1.54, 1.807) is 6.33 Å². The Morgan fingerprint density at radius 2 is 1.83 bits per heavy atom. The zero-order chi connectivity index (χ0) is 15.8. The average Bonchev–Trinajstić information content (AvgIpc) is 3.23. The molecule has 0 radical (unpaired) electrons. The molecule has 6 heteroatoms. The highest BCUT2D eigenvalue weighted by molar-refractivity contribution is 5.07. The minimum Gasteiger partial charge on any atom is -0.306 e. The lowest BCUT2D eigenvalue weighted by Crippen LogP contribution is -2.51. The molecule has 0 spiro atoms. The number of aromatic amines is 1. The molecule has 128 valence electrons. The van der Waals surface area contributed by atoms with E-state index >= 15 is 0 Å². The van der Waals surface area contributed by atoms with Crippen LogP contribution in [0.15, 0.2) is 6.33 Å². The molecule has 1 aromatic heterocycles. The van der Waals surface area contributed by atoms with Crippen LogP contribution in [0.25, 0.3) is 0 Å². The first-order valence-electron chi connectivity index (χ1n) is 9.21. The molecule has 0 bridgehead atoms. The monoisotopic (exact) mass is 318 g/mol. The normalized spacial score (nSPS) is 41.2. The maximum absolute atomic E-state index is 4.42. The van der Waals surface area contributed by atoms with Crippen LogP contribution < -0.4 is 10.6 Å². The summed E-state index contributed by atoms with van der Waals surface area (Å²) < 4.78 is 0. The van der Waals surface area contributed by atoms with Crippen LogP contribution in [0.1, 0.15) is 43.8 Å². The van der Waals surface area contributed by atoms with Gasteiger partial charge in [-0.2, -0.15) is 5.10 Å². The number of nitrogens with zero attached hydrogens (tertiary/aromatic N) is 3. The SMILES string of the molecule is CN(C)C1CCC(C2CNC3NCC(c4ncn[nH]4)C3C2)CC1. The third-order valence-electron chi connectivity index (χ3n) is 6.60. The van der Waals surface area contributed by atoms with E-state index in [1.807, 2.05) is 0 Å². The third-order valence-corrected chi connectivity index (χ3v) is 6.60. The molecule has 1 saturated carbocycles. The summed E-state index contributed by atoms with van der Waals surface area (Å²) in [6.45, 7) is 2.19. The fourth-order valence-electron chi connectivity index (χ4n) is 5.17. The largest absolute Gasteiger partial charge is 0.306 e. The van der Waals surface area contributed by atoms with E-state index in [2.05, 4.69) is 44.8 Å². The quantitative estimate of drug-likeness (QED) is 0.780. The van der Waals surface area contributed by atoms with Gasteiger partial charge in [0.2, 0.25) is 0 Å². The second-order valence-electron chi connectivity index (χ2n) is 7.96. The highest BCUT2D eigenvalue weighted by atomic mass is 15.2. The molecule has 2 saturated heterocycles. The molecule has 6 nitrogen and oxygen atoms in total. The van der Waals surface area contributed by atoms with Gasteiger partial charge in [0, 0.05) is 18.5 Å². The van der Waals surface area contributed by atoms with E-state index in [4.69, 9.17) is 0 Å². The summed E-state index contributed by atoms with van der Waals surface area (Å²) in [5.41, 5.74) is 0. The van der Waals surface area contributed by atoms with E-state index < -0.39 is 0 Å². The van der Waals surface area contributed by atoms with Crippen LogP contribution in [0.5, 0.6) is 0 Å². The van der Waals surface area contributed by atoms with Gasteiger partial charge in [0.05, 0.1) is 6.17 Å². The number of aromatic nitrogens is 3. The molecule has 0 aromatic carbocycles. The molecule has 23 heavy (non-hydrogen) atoms. The van der Waals surface area contributed by atoms with Crippen LogP contribution in [0.2, 0.25) is 0 Å². The van der Waals surface area contributed by atoms with Crippen molar-refractivity contribution in [2.24, 2.45) is 17.8 Å². The highest BCUT2D eigenvalue weighted by Crippen LogP contribution is 2.41. The zero-order valence-electron chi connectivity index (χ0n) is 14.3. The first-order chi connectivity index (χ1) is 11.2. The van der Waals surface area contributed by atoms with Gasteiger partial charge in [0.15, 0.2) is 0 Å². The van der Waals surface area contributed by atoms with Crippen LogP contribution in [0.4, 0.5) is 0 Å². The first kappa shape index (κ1) is 15.5. The lowest BCUT2D eigenvalue weighted by Gasteiger charge is -2.41. The number of fused-ring (bicyclic) bond motifs is 1. The summed E-state index contributed by atoms with van der Waals surface area (Å²) in [6, 6.07) is 0.797. The number of H-pyrrole nitrogens is 1. The van der Waals surface area contributed by atoms with Crippen molar-refractivity contribution in [3.63, 3.8) is 0 Å². The van der Waals surface area contributed by atoms with E-state index in [-0.39, 0.29) is 0 Å². The highest BCUT2D eigenvalue weighted by Gasteiger charge is 2.44.